The Morgan fingerprint density at radius 3 is 2.44 bits per heavy atom. The van der Waals surface area contributed by atoms with E-state index in [1.54, 1.807) is 18.3 Å². The van der Waals surface area contributed by atoms with Gasteiger partial charge < -0.3 is 15.5 Å². The Balaban J connectivity index is 2.61. The fourth-order valence-corrected chi connectivity index (χ4v) is 3.00. The van der Waals surface area contributed by atoms with Crippen molar-refractivity contribution in [2.24, 2.45) is 5.73 Å². The minimum Gasteiger partial charge on any atom is -0.414 e. The summed E-state index contributed by atoms with van der Waals surface area (Å²) in [4.78, 5) is 28.1. The molecule has 1 rings (SSSR count). The molecule has 7 heteroatoms. The fraction of sp³-hybridized carbons (Fsp3) is 0.550. The van der Waals surface area contributed by atoms with Crippen molar-refractivity contribution < 1.29 is 14.0 Å². The minimum absolute atomic E-state index is 0.0150. The predicted octanol–water partition coefficient (Wildman–Crippen LogP) is 3.09. The van der Waals surface area contributed by atoms with Gasteiger partial charge in [0.05, 0.1) is 12.3 Å². The highest BCUT2D eigenvalue weighted by atomic mass is 28.4. The van der Waals surface area contributed by atoms with Crippen LogP contribution in [0, 0.1) is 13.8 Å². The number of nitrogens with one attached hydrogen (secondary N) is 1. The SMILES string of the molecule is Cc1cnc(C=CCC(=O)NC(CO[Si](C)(C)C(C)(C)C)C(N)=O)cc1C. The fourth-order valence-electron chi connectivity index (χ4n) is 1.98. The van der Waals surface area contributed by atoms with Crippen molar-refractivity contribution in [3.63, 3.8) is 0 Å². The Morgan fingerprint density at radius 1 is 1.30 bits per heavy atom. The molecule has 1 heterocycles. The van der Waals surface area contributed by atoms with Gasteiger partial charge in [0.1, 0.15) is 6.04 Å². The third-order valence-corrected chi connectivity index (χ3v) is 9.58. The van der Waals surface area contributed by atoms with Crippen LogP contribution in [0.25, 0.3) is 6.08 Å². The van der Waals surface area contributed by atoms with Gasteiger partial charge in [-0.25, -0.2) is 0 Å². The van der Waals surface area contributed by atoms with Gasteiger partial charge in [0.2, 0.25) is 11.8 Å². The first-order chi connectivity index (χ1) is 12.3. The molecule has 3 N–H and O–H groups in total. The average molecular weight is 392 g/mol. The summed E-state index contributed by atoms with van der Waals surface area (Å²) in [6.45, 7) is 14.6. The monoisotopic (exact) mass is 391 g/mol. The highest BCUT2D eigenvalue weighted by Crippen LogP contribution is 2.36. The van der Waals surface area contributed by atoms with E-state index in [4.69, 9.17) is 10.2 Å². The van der Waals surface area contributed by atoms with Crippen LogP contribution in [0.1, 0.15) is 44.0 Å². The van der Waals surface area contributed by atoms with Crippen LogP contribution in [0.3, 0.4) is 0 Å². The van der Waals surface area contributed by atoms with Crippen molar-refractivity contribution in [3.05, 3.63) is 35.2 Å². The second-order valence-electron chi connectivity index (χ2n) is 8.39. The van der Waals surface area contributed by atoms with Gasteiger partial charge >= 0.3 is 0 Å². The highest BCUT2D eigenvalue weighted by molar-refractivity contribution is 6.74. The number of aryl methyl sites for hydroxylation is 2. The Hall–Kier alpha value is -1.99. The number of rotatable bonds is 8. The molecule has 0 fully saturated rings. The Bertz CT molecular complexity index is 709. The maximum Gasteiger partial charge on any atom is 0.242 e. The van der Waals surface area contributed by atoms with Crippen LogP contribution >= 0.6 is 0 Å². The van der Waals surface area contributed by atoms with Gasteiger partial charge in [0.25, 0.3) is 0 Å². The van der Waals surface area contributed by atoms with Gasteiger partial charge in [0, 0.05) is 12.6 Å². The number of amides is 2. The van der Waals surface area contributed by atoms with Gasteiger partial charge in [-0.05, 0) is 55.2 Å². The number of pyridine rings is 1. The van der Waals surface area contributed by atoms with E-state index in [9.17, 15) is 9.59 Å². The lowest BCUT2D eigenvalue weighted by Gasteiger charge is -2.37. The molecule has 1 unspecified atom stereocenters. The van der Waals surface area contributed by atoms with Crippen molar-refractivity contribution in [2.45, 2.75) is 65.2 Å². The summed E-state index contributed by atoms with van der Waals surface area (Å²) in [6, 6.07) is 1.13. The van der Waals surface area contributed by atoms with E-state index >= 15 is 0 Å². The number of hydrogen-bond donors (Lipinski definition) is 2. The topological polar surface area (TPSA) is 94.3 Å². The normalized spacial score (nSPS) is 13.6. The molecule has 0 aliphatic carbocycles. The van der Waals surface area contributed by atoms with Crippen LogP contribution in [0.15, 0.2) is 18.3 Å². The molecule has 2 amide bonds. The third-order valence-electron chi connectivity index (χ3n) is 5.08. The van der Waals surface area contributed by atoms with Crippen LogP contribution in [-0.4, -0.2) is 37.8 Å². The number of carbonyl (C=O) groups excluding carboxylic acids is 2. The van der Waals surface area contributed by atoms with E-state index < -0.39 is 20.3 Å². The third kappa shape index (κ3) is 7.26. The number of nitrogens with zero attached hydrogens (tertiary/aromatic N) is 1. The molecule has 1 aromatic rings. The van der Waals surface area contributed by atoms with Crippen LogP contribution < -0.4 is 11.1 Å². The van der Waals surface area contributed by atoms with Crippen molar-refractivity contribution in [3.8, 4) is 0 Å². The van der Waals surface area contributed by atoms with E-state index in [0.717, 1.165) is 16.8 Å². The van der Waals surface area contributed by atoms with Crippen molar-refractivity contribution in [1.29, 1.82) is 0 Å². The van der Waals surface area contributed by atoms with Crippen molar-refractivity contribution >= 4 is 26.2 Å². The number of aromatic nitrogens is 1. The van der Waals surface area contributed by atoms with Gasteiger partial charge in [-0.3, -0.25) is 14.6 Å². The Labute approximate surface area is 163 Å². The van der Waals surface area contributed by atoms with E-state index in [1.165, 1.54) is 0 Å². The molecular formula is C20H33N3O3Si. The van der Waals surface area contributed by atoms with Gasteiger partial charge in [-0.1, -0.05) is 26.8 Å². The molecule has 0 spiro atoms. The summed E-state index contributed by atoms with van der Waals surface area (Å²) in [7, 11) is -2.03. The molecule has 0 saturated carbocycles. The Morgan fingerprint density at radius 2 is 1.93 bits per heavy atom. The van der Waals surface area contributed by atoms with E-state index in [0.29, 0.717) is 0 Å². The van der Waals surface area contributed by atoms with Gasteiger partial charge in [0.15, 0.2) is 8.32 Å². The first-order valence-corrected chi connectivity index (χ1v) is 12.1. The largest absolute Gasteiger partial charge is 0.414 e. The van der Waals surface area contributed by atoms with Crippen LogP contribution in [0.2, 0.25) is 18.1 Å². The standard InChI is InChI=1S/C20H33N3O3Si/c1-14-11-16(22-12-15(14)2)9-8-10-18(24)23-17(19(21)25)13-26-27(6,7)20(3,4)5/h8-9,11-12,17H,10,13H2,1-7H3,(H2,21,25)(H,23,24). The molecule has 0 radical (unpaired) electrons. The highest BCUT2D eigenvalue weighted by Gasteiger charge is 2.38. The minimum atomic E-state index is -2.03. The quantitative estimate of drug-likeness (QED) is 0.666. The lowest BCUT2D eigenvalue weighted by molar-refractivity contribution is -0.127. The van der Waals surface area contributed by atoms with E-state index in [-0.39, 0.29) is 24.0 Å². The van der Waals surface area contributed by atoms with Gasteiger partial charge in [-0.15, -0.1) is 0 Å². The van der Waals surface area contributed by atoms with E-state index in [1.807, 2.05) is 19.9 Å². The van der Waals surface area contributed by atoms with E-state index in [2.05, 4.69) is 44.2 Å². The second kappa shape index (κ2) is 9.28. The summed E-state index contributed by atoms with van der Waals surface area (Å²) in [5.41, 5.74) is 8.48. The molecule has 0 aliphatic rings. The predicted molar refractivity (Wildman–Crippen MR) is 112 cm³/mol. The molecule has 0 aromatic carbocycles. The molecule has 1 atom stereocenters. The summed E-state index contributed by atoms with van der Waals surface area (Å²) in [6.07, 6.45) is 5.45. The summed E-state index contributed by atoms with van der Waals surface area (Å²) < 4.78 is 6.01. The summed E-state index contributed by atoms with van der Waals surface area (Å²) >= 11 is 0. The Kier molecular flexibility index (Phi) is 7.92. The molecular weight excluding hydrogens is 358 g/mol. The number of primary amides is 1. The first-order valence-electron chi connectivity index (χ1n) is 9.16. The lowest BCUT2D eigenvalue weighted by atomic mass is 10.1. The molecule has 27 heavy (non-hydrogen) atoms. The average Bonchev–Trinajstić information content (AvgIpc) is 2.53. The molecule has 0 saturated heterocycles. The smallest absolute Gasteiger partial charge is 0.242 e. The van der Waals surface area contributed by atoms with Crippen LogP contribution in [0.5, 0.6) is 0 Å². The molecule has 6 nitrogen and oxygen atoms in total. The first kappa shape index (κ1) is 23.0. The molecule has 150 valence electrons. The number of carbonyl (C=O) groups is 2. The van der Waals surface area contributed by atoms with Crippen LogP contribution in [0.4, 0.5) is 0 Å². The van der Waals surface area contributed by atoms with Crippen molar-refractivity contribution in [1.82, 2.24) is 10.3 Å². The summed E-state index contributed by atoms with van der Waals surface area (Å²) in [5.74, 6) is -0.875. The van der Waals surface area contributed by atoms with Crippen LogP contribution in [-0.2, 0) is 14.0 Å². The van der Waals surface area contributed by atoms with Gasteiger partial charge in [-0.2, -0.15) is 0 Å². The zero-order valence-corrected chi connectivity index (χ0v) is 18.6. The summed E-state index contributed by atoms with van der Waals surface area (Å²) in [5, 5.41) is 2.67. The molecule has 0 bridgehead atoms. The number of hydrogen-bond acceptors (Lipinski definition) is 4. The maximum atomic E-state index is 12.2. The second-order valence-corrected chi connectivity index (χ2v) is 13.2. The molecule has 1 aromatic heterocycles. The lowest BCUT2D eigenvalue weighted by Crippen LogP contribution is -2.51. The zero-order valence-electron chi connectivity index (χ0n) is 17.6. The van der Waals surface area contributed by atoms with Crippen molar-refractivity contribution in [2.75, 3.05) is 6.61 Å². The maximum absolute atomic E-state index is 12.2. The number of nitrogens with two attached hydrogens (primary N) is 1. The zero-order chi connectivity index (χ0) is 20.8. The molecule has 0 aliphatic heterocycles.